The summed E-state index contributed by atoms with van der Waals surface area (Å²) in [6.45, 7) is 0. The molecule has 0 spiro atoms. The van der Waals surface area contributed by atoms with Gasteiger partial charge in [-0.15, -0.1) is 0 Å². The first-order valence-electron chi connectivity index (χ1n) is 3.53. The number of hydrogen-bond donors (Lipinski definition) is 3. The van der Waals surface area contributed by atoms with Gasteiger partial charge in [-0.05, 0) is 18.2 Å². The Morgan fingerprint density at radius 1 is 1.62 bits per heavy atom. The quantitative estimate of drug-likeness (QED) is 0.275. The Hall–Kier alpha value is -1.88. The number of benzene rings is 1. The standard InChI is InChI=1S/C8H9N3O2/c9-5-11(10)7-3-1-2-6(4-7)8(12)13/h1-5,9H,10H2,(H,12,13). The molecule has 0 atom stereocenters. The molecule has 0 aromatic heterocycles. The molecule has 5 nitrogen and oxygen atoms in total. The topological polar surface area (TPSA) is 90.4 Å². The van der Waals surface area contributed by atoms with Crippen LogP contribution in [0.15, 0.2) is 24.3 Å². The third kappa shape index (κ3) is 2.03. The van der Waals surface area contributed by atoms with Crippen molar-refractivity contribution in [1.82, 2.24) is 0 Å². The zero-order chi connectivity index (χ0) is 9.84. The SMILES string of the molecule is N=CN(N)c1cccc(C(=O)O)c1. The molecule has 5 heteroatoms. The van der Waals surface area contributed by atoms with Crippen molar-refractivity contribution in [2.24, 2.45) is 5.84 Å². The number of anilines is 1. The van der Waals surface area contributed by atoms with E-state index in [1.54, 1.807) is 12.1 Å². The lowest BCUT2D eigenvalue weighted by Gasteiger charge is -2.11. The molecule has 0 aliphatic heterocycles. The van der Waals surface area contributed by atoms with E-state index in [9.17, 15) is 4.79 Å². The predicted molar refractivity (Wildman–Crippen MR) is 48.9 cm³/mol. The van der Waals surface area contributed by atoms with Gasteiger partial charge in [-0.2, -0.15) is 0 Å². The number of nitrogens with two attached hydrogens (primary N) is 1. The zero-order valence-electron chi connectivity index (χ0n) is 6.77. The number of rotatable bonds is 3. The summed E-state index contributed by atoms with van der Waals surface area (Å²) >= 11 is 0. The number of carboxylic acids is 1. The van der Waals surface area contributed by atoms with Crippen molar-refractivity contribution in [2.75, 3.05) is 5.01 Å². The monoisotopic (exact) mass is 179 g/mol. The smallest absolute Gasteiger partial charge is 0.335 e. The Morgan fingerprint density at radius 2 is 2.31 bits per heavy atom. The summed E-state index contributed by atoms with van der Waals surface area (Å²) in [4.78, 5) is 10.5. The molecule has 0 bridgehead atoms. The van der Waals surface area contributed by atoms with Gasteiger partial charge in [-0.3, -0.25) is 10.4 Å². The Morgan fingerprint density at radius 3 is 2.85 bits per heavy atom. The third-order valence-electron chi connectivity index (χ3n) is 1.53. The Kier molecular flexibility index (Phi) is 2.61. The van der Waals surface area contributed by atoms with Gasteiger partial charge in [-0.25, -0.2) is 10.6 Å². The summed E-state index contributed by atoms with van der Waals surface area (Å²) in [5.74, 6) is 4.35. The van der Waals surface area contributed by atoms with Gasteiger partial charge >= 0.3 is 5.97 Å². The molecule has 0 aliphatic rings. The average Bonchev–Trinajstić information content (AvgIpc) is 2.17. The Balaban J connectivity index is 3.04. The molecule has 1 aromatic rings. The van der Waals surface area contributed by atoms with Crippen molar-refractivity contribution < 1.29 is 9.90 Å². The molecule has 0 unspecified atom stereocenters. The number of nitrogens with one attached hydrogen (secondary N) is 1. The van der Waals surface area contributed by atoms with Crippen molar-refractivity contribution >= 4 is 18.0 Å². The number of hydrazine groups is 1. The number of carbonyl (C=O) groups is 1. The fourth-order valence-electron chi connectivity index (χ4n) is 0.874. The molecule has 0 saturated carbocycles. The van der Waals surface area contributed by atoms with E-state index < -0.39 is 5.97 Å². The minimum Gasteiger partial charge on any atom is -0.478 e. The van der Waals surface area contributed by atoms with Gasteiger partial charge in [-0.1, -0.05) is 6.07 Å². The molecule has 13 heavy (non-hydrogen) atoms. The molecule has 4 N–H and O–H groups in total. The summed E-state index contributed by atoms with van der Waals surface area (Å²) in [6, 6.07) is 6.05. The summed E-state index contributed by atoms with van der Waals surface area (Å²) in [7, 11) is 0. The van der Waals surface area contributed by atoms with Gasteiger partial charge in [0.15, 0.2) is 0 Å². The number of nitrogens with zero attached hydrogens (tertiary/aromatic N) is 1. The van der Waals surface area contributed by atoms with Crippen LogP contribution in [0.25, 0.3) is 0 Å². The highest BCUT2D eigenvalue weighted by atomic mass is 16.4. The predicted octanol–water partition coefficient (Wildman–Crippen LogP) is 0.672. The van der Waals surface area contributed by atoms with Crippen molar-refractivity contribution in [2.45, 2.75) is 0 Å². The van der Waals surface area contributed by atoms with Gasteiger partial charge < -0.3 is 5.11 Å². The van der Waals surface area contributed by atoms with Crippen molar-refractivity contribution in [3.8, 4) is 0 Å². The molecule has 1 rings (SSSR count). The van der Waals surface area contributed by atoms with Gasteiger partial charge in [0.05, 0.1) is 11.3 Å². The maximum atomic E-state index is 10.5. The van der Waals surface area contributed by atoms with E-state index in [4.69, 9.17) is 16.4 Å². The minimum absolute atomic E-state index is 0.148. The largest absolute Gasteiger partial charge is 0.478 e. The van der Waals surface area contributed by atoms with Crippen LogP contribution in [0.1, 0.15) is 10.4 Å². The van der Waals surface area contributed by atoms with Crippen LogP contribution in [0.4, 0.5) is 5.69 Å². The van der Waals surface area contributed by atoms with E-state index in [0.717, 1.165) is 11.3 Å². The van der Waals surface area contributed by atoms with E-state index in [-0.39, 0.29) is 5.56 Å². The van der Waals surface area contributed by atoms with Crippen molar-refractivity contribution in [3.05, 3.63) is 29.8 Å². The van der Waals surface area contributed by atoms with E-state index in [1.807, 2.05) is 0 Å². The first kappa shape index (κ1) is 9.21. The molecule has 0 saturated heterocycles. The average molecular weight is 179 g/mol. The second-order valence-electron chi connectivity index (χ2n) is 2.39. The van der Waals surface area contributed by atoms with Crippen LogP contribution >= 0.6 is 0 Å². The lowest BCUT2D eigenvalue weighted by Crippen LogP contribution is -2.28. The second-order valence-corrected chi connectivity index (χ2v) is 2.39. The fourth-order valence-corrected chi connectivity index (χ4v) is 0.874. The van der Waals surface area contributed by atoms with E-state index in [1.165, 1.54) is 12.1 Å². The minimum atomic E-state index is -1.01. The normalized spacial score (nSPS) is 9.31. The second kappa shape index (κ2) is 3.68. The number of aromatic carboxylic acids is 1. The van der Waals surface area contributed by atoms with E-state index >= 15 is 0 Å². The molecule has 0 fully saturated rings. The lowest BCUT2D eigenvalue weighted by molar-refractivity contribution is 0.0697. The molecule has 0 radical (unpaired) electrons. The van der Waals surface area contributed by atoms with Gasteiger partial charge in [0.25, 0.3) is 0 Å². The molecule has 68 valence electrons. The summed E-state index contributed by atoms with van der Waals surface area (Å²) in [6.07, 6.45) is 0.904. The Bertz CT molecular complexity index is 338. The van der Waals surface area contributed by atoms with Crippen LogP contribution in [0.3, 0.4) is 0 Å². The van der Waals surface area contributed by atoms with Crippen LogP contribution in [-0.4, -0.2) is 17.4 Å². The zero-order valence-corrected chi connectivity index (χ0v) is 6.77. The first-order chi connectivity index (χ1) is 6.15. The maximum absolute atomic E-state index is 10.5. The van der Waals surface area contributed by atoms with Crippen LogP contribution in [0.2, 0.25) is 0 Å². The fraction of sp³-hybridized carbons (Fsp3) is 0. The lowest BCUT2D eigenvalue weighted by atomic mass is 10.2. The first-order valence-corrected chi connectivity index (χ1v) is 3.53. The molecule has 0 amide bonds. The van der Waals surface area contributed by atoms with Gasteiger partial charge in [0.2, 0.25) is 0 Å². The van der Waals surface area contributed by atoms with Gasteiger partial charge in [0.1, 0.15) is 6.34 Å². The summed E-state index contributed by atoms with van der Waals surface area (Å²) in [5.41, 5.74) is 0.615. The van der Waals surface area contributed by atoms with Crippen LogP contribution in [-0.2, 0) is 0 Å². The van der Waals surface area contributed by atoms with Gasteiger partial charge in [0, 0.05) is 0 Å². The van der Waals surface area contributed by atoms with Crippen molar-refractivity contribution in [3.63, 3.8) is 0 Å². The van der Waals surface area contributed by atoms with Crippen molar-refractivity contribution in [1.29, 1.82) is 5.41 Å². The summed E-state index contributed by atoms with van der Waals surface area (Å²) < 4.78 is 0. The molecular weight excluding hydrogens is 170 g/mol. The van der Waals surface area contributed by atoms with Crippen LogP contribution < -0.4 is 10.9 Å². The maximum Gasteiger partial charge on any atom is 0.335 e. The number of hydrogen-bond acceptors (Lipinski definition) is 3. The van der Waals surface area contributed by atoms with E-state index in [0.29, 0.717) is 5.69 Å². The van der Waals surface area contributed by atoms with Crippen LogP contribution in [0.5, 0.6) is 0 Å². The summed E-state index contributed by atoms with van der Waals surface area (Å²) in [5, 5.41) is 16.5. The molecule has 1 aromatic carbocycles. The highest BCUT2D eigenvalue weighted by Gasteiger charge is 2.04. The highest BCUT2D eigenvalue weighted by molar-refractivity contribution is 5.89. The third-order valence-corrected chi connectivity index (χ3v) is 1.53. The van der Waals surface area contributed by atoms with E-state index in [2.05, 4.69) is 0 Å². The number of carboxylic acid groups (broad SMARTS) is 1. The molecule has 0 heterocycles. The Labute approximate surface area is 74.9 Å². The molecule has 0 aliphatic carbocycles. The molecular formula is C8H9N3O2. The highest BCUT2D eigenvalue weighted by Crippen LogP contribution is 2.12. The van der Waals surface area contributed by atoms with Crippen LogP contribution in [0, 0.1) is 5.41 Å².